The van der Waals surface area contributed by atoms with Gasteiger partial charge in [0.15, 0.2) is 0 Å². The van der Waals surface area contributed by atoms with Gasteiger partial charge in [-0.2, -0.15) is 0 Å². The lowest BCUT2D eigenvalue weighted by Crippen LogP contribution is -2.47. The van der Waals surface area contributed by atoms with Gasteiger partial charge < -0.3 is 22.8 Å². The first kappa shape index (κ1) is 15.6. The molecule has 0 aliphatic carbocycles. The second-order valence-electron chi connectivity index (χ2n) is 3.99. The summed E-state index contributed by atoms with van der Waals surface area (Å²) in [7, 11) is -3.66. The second-order valence-corrected chi connectivity index (χ2v) is 6.33. The Hall–Kier alpha value is -1.45. The van der Waals surface area contributed by atoms with Gasteiger partial charge in [-0.1, -0.05) is 0 Å². The molecule has 1 saturated heterocycles. The van der Waals surface area contributed by atoms with Crippen molar-refractivity contribution >= 4 is 26.7 Å². The highest BCUT2D eigenvalue weighted by atomic mass is 28.4. The van der Waals surface area contributed by atoms with E-state index in [1.807, 2.05) is 0 Å². The molecule has 0 aromatic heterocycles. The van der Waals surface area contributed by atoms with Crippen molar-refractivity contribution < 1.29 is 37.1 Å². The average molecular weight is 292 g/mol. The number of carbonyl (C=O) groups is 3. The standard InChI is InChI=1S/C10H16O8Si/c1-7(11)16-19(3,17-8(2)12)18-10(13)6-14-4-9-5-15-9/h9H,4-6H2,1-3H3. The molecule has 108 valence electrons. The molecule has 0 amide bonds. The Balaban J connectivity index is 2.42. The molecule has 1 fully saturated rings. The molecule has 0 saturated carbocycles. The molecule has 0 radical (unpaired) electrons. The average Bonchev–Trinajstić information content (AvgIpc) is 2.97. The maximum Gasteiger partial charge on any atom is 0.701 e. The van der Waals surface area contributed by atoms with Crippen LogP contribution in [0.4, 0.5) is 0 Å². The summed E-state index contributed by atoms with van der Waals surface area (Å²) in [4.78, 5) is 33.3. The molecule has 8 nitrogen and oxygen atoms in total. The smallest absolute Gasteiger partial charge is 0.455 e. The molecule has 1 atom stereocenters. The number of carbonyl (C=O) groups excluding carboxylic acids is 3. The van der Waals surface area contributed by atoms with Gasteiger partial charge in [0, 0.05) is 20.4 Å². The predicted molar refractivity (Wildman–Crippen MR) is 61.8 cm³/mol. The van der Waals surface area contributed by atoms with Gasteiger partial charge in [0.25, 0.3) is 11.9 Å². The van der Waals surface area contributed by atoms with Crippen LogP contribution in [0.25, 0.3) is 0 Å². The summed E-state index contributed by atoms with van der Waals surface area (Å²) in [6.45, 7) is 4.10. The molecular formula is C10H16O8Si. The molecule has 0 aromatic carbocycles. The highest BCUT2D eigenvalue weighted by Crippen LogP contribution is 2.12. The van der Waals surface area contributed by atoms with Gasteiger partial charge in [0.05, 0.1) is 13.2 Å². The van der Waals surface area contributed by atoms with Crippen molar-refractivity contribution in [1.29, 1.82) is 0 Å². The van der Waals surface area contributed by atoms with E-state index in [4.69, 9.17) is 22.8 Å². The van der Waals surface area contributed by atoms with E-state index in [2.05, 4.69) is 0 Å². The summed E-state index contributed by atoms with van der Waals surface area (Å²) in [5, 5.41) is 0. The Bertz CT molecular complexity index is 349. The Labute approximate surface area is 111 Å². The maximum absolute atomic E-state index is 11.5. The number of epoxide rings is 1. The molecular weight excluding hydrogens is 276 g/mol. The van der Waals surface area contributed by atoms with Gasteiger partial charge in [0.1, 0.15) is 12.7 Å². The molecule has 1 aliphatic rings. The molecule has 0 bridgehead atoms. The highest BCUT2D eigenvalue weighted by Gasteiger charge is 2.46. The highest BCUT2D eigenvalue weighted by molar-refractivity contribution is 6.64. The zero-order chi connectivity index (χ0) is 14.5. The zero-order valence-electron chi connectivity index (χ0n) is 11.0. The van der Waals surface area contributed by atoms with Crippen LogP contribution in [-0.4, -0.2) is 52.6 Å². The van der Waals surface area contributed by atoms with Gasteiger partial charge >= 0.3 is 14.8 Å². The van der Waals surface area contributed by atoms with Crippen molar-refractivity contribution in [3.63, 3.8) is 0 Å². The summed E-state index contributed by atoms with van der Waals surface area (Å²) in [6.07, 6.45) is 0.0263. The quantitative estimate of drug-likeness (QED) is 0.463. The Morgan fingerprint density at radius 3 is 2.11 bits per heavy atom. The van der Waals surface area contributed by atoms with Crippen molar-refractivity contribution in [2.24, 2.45) is 0 Å². The number of ether oxygens (including phenoxy) is 2. The first-order chi connectivity index (χ1) is 8.81. The Morgan fingerprint density at radius 2 is 1.68 bits per heavy atom. The summed E-state index contributed by atoms with van der Waals surface area (Å²) >= 11 is 0. The van der Waals surface area contributed by atoms with Crippen LogP contribution in [0.15, 0.2) is 0 Å². The molecule has 1 rings (SSSR count). The molecule has 0 N–H and O–H groups in total. The molecule has 1 heterocycles. The third kappa shape index (κ3) is 6.89. The largest absolute Gasteiger partial charge is 0.701 e. The van der Waals surface area contributed by atoms with E-state index >= 15 is 0 Å². The molecule has 1 aliphatic heterocycles. The summed E-state index contributed by atoms with van der Waals surface area (Å²) in [5.74, 6) is -2.16. The number of hydrogen-bond donors (Lipinski definition) is 0. The Kier molecular flexibility index (Phi) is 5.45. The minimum atomic E-state index is -3.66. The first-order valence-electron chi connectivity index (χ1n) is 5.61. The fourth-order valence-corrected chi connectivity index (χ4v) is 2.90. The van der Waals surface area contributed by atoms with Crippen LogP contribution < -0.4 is 0 Å². The lowest BCUT2D eigenvalue weighted by molar-refractivity contribution is -0.151. The van der Waals surface area contributed by atoms with Gasteiger partial charge in [-0.25, -0.2) is 0 Å². The monoisotopic (exact) mass is 292 g/mol. The van der Waals surface area contributed by atoms with E-state index in [1.165, 1.54) is 6.55 Å². The molecule has 0 spiro atoms. The lowest BCUT2D eigenvalue weighted by atomic mass is 10.5. The minimum Gasteiger partial charge on any atom is -0.455 e. The van der Waals surface area contributed by atoms with Crippen molar-refractivity contribution in [3.05, 3.63) is 0 Å². The molecule has 9 heteroatoms. The van der Waals surface area contributed by atoms with Gasteiger partial charge in [-0.05, 0) is 0 Å². The van der Waals surface area contributed by atoms with Crippen LogP contribution in [0.5, 0.6) is 0 Å². The van der Waals surface area contributed by atoms with Crippen LogP contribution in [0.1, 0.15) is 13.8 Å². The molecule has 1 unspecified atom stereocenters. The third-order valence-corrected chi connectivity index (χ3v) is 3.80. The normalized spacial score (nSPS) is 17.5. The van der Waals surface area contributed by atoms with Gasteiger partial charge in [-0.3, -0.25) is 14.4 Å². The van der Waals surface area contributed by atoms with E-state index in [0.29, 0.717) is 6.61 Å². The number of hydrogen-bond acceptors (Lipinski definition) is 8. The van der Waals surface area contributed by atoms with E-state index in [-0.39, 0.29) is 19.3 Å². The van der Waals surface area contributed by atoms with Crippen molar-refractivity contribution in [2.75, 3.05) is 19.8 Å². The van der Waals surface area contributed by atoms with Crippen LogP contribution in [-0.2, 0) is 37.1 Å². The topological polar surface area (TPSA) is 101 Å². The third-order valence-electron chi connectivity index (χ3n) is 1.88. The Morgan fingerprint density at radius 1 is 1.16 bits per heavy atom. The molecule has 0 aromatic rings. The summed E-state index contributed by atoms with van der Waals surface area (Å²) in [6, 6.07) is 0. The van der Waals surface area contributed by atoms with Crippen LogP contribution in [0.2, 0.25) is 6.55 Å². The fraction of sp³-hybridized carbons (Fsp3) is 0.700. The maximum atomic E-state index is 11.5. The van der Waals surface area contributed by atoms with Gasteiger partial charge in [0.2, 0.25) is 0 Å². The fourth-order valence-electron chi connectivity index (χ4n) is 1.26. The van der Waals surface area contributed by atoms with Gasteiger partial charge in [-0.15, -0.1) is 0 Å². The summed E-state index contributed by atoms with van der Waals surface area (Å²) in [5.41, 5.74) is 0. The molecule has 19 heavy (non-hydrogen) atoms. The van der Waals surface area contributed by atoms with E-state index in [1.54, 1.807) is 0 Å². The van der Waals surface area contributed by atoms with E-state index in [0.717, 1.165) is 13.8 Å². The second kappa shape index (κ2) is 6.64. The van der Waals surface area contributed by atoms with Crippen LogP contribution >= 0.6 is 0 Å². The van der Waals surface area contributed by atoms with E-state index < -0.39 is 26.7 Å². The van der Waals surface area contributed by atoms with Crippen molar-refractivity contribution in [2.45, 2.75) is 26.5 Å². The van der Waals surface area contributed by atoms with Crippen LogP contribution in [0, 0.1) is 0 Å². The van der Waals surface area contributed by atoms with Crippen molar-refractivity contribution in [3.8, 4) is 0 Å². The lowest BCUT2D eigenvalue weighted by Gasteiger charge is -2.22. The summed E-state index contributed by atoms with van der Waals surface area (Å²) < 4.78 is 24.4. The van der Waals surface area contributed by atoms with Crippen molar-refractivity contribution in [1.82, 2.24) is 0 Å². The number of rotatable bonds is 7. The minimum absolute atomic E-state index is 0.0263. The van der Waals surface area contributed by atoms with E-state index in [9.17, 15) is 14.4 Å². The SMILES string of the molecule is CC(=O)O[Si](C)(OC(C)=O)OC(=O)COCC1CO1. The first-order valence-corrected chi connectivity index (χ1v) is 7.83. The predicted octanol–water partition coefficient (Wildman–Crippen LogP) is -0.360. The zero-order valence-corrected chi connectivity index (χ0v) is 12.0. The van der Waals surface area contributed by atoms with Crippen LogP contribution in [0.3, 0.4) is 0 Å².